The van der Waals surface area contributed by atoms with Gasteiger partial charge in [-0.3, -0.25) is 14.4 Å². The van der Waals surface area contributed by atoms with E-state index in [1.54, 1.807) is 40.1 Å². The third kappa shape index (κ3) is 4.73. The van der Waals surface area contributed by atoms with E-state index in [0.29, 0.717) is 43.1 Å². The van der Waals surface area contributed by atoms with E-state index in [2.05, 4.69) is 0 Å². The number of ether oxygens (including phenoxy) is 1. The Morgan fingerprint density at radius 3 is 2.18 bits per heavy atom. The van der Waals surface area contributed by atoms with Gasteiger partial charge >= 0.3 is 0 Å². The molecule has 1 heterocycles. The third-order valence-electron chi connectivity index (χ3n) is 4.61. The van der Waals surface area contributed by atoms with E-state index in [1.165, 1.54) is 25.1 Å². The smallest absolute Gasteiger partial charge is 0.260 e. The topological polar surface area (TPSA) is 66.9 Å². The number of carbonyl (C=O) groups excluding carboxylic acids is 3. The van der Waals surface area contributed by atoms with Crippen LogP contribution >= 0.6 is 0 Å². The highest BCUT2D eigenvalue weighted by atomic mass is 19.1. The molecule has 2 aromatic carbocycles. The van der Waals surface area contributed by atoms with Crippen LogP contribution < -0.4 is 4.74 Å². The Hall–Kier alpha value is -3.22. The second kappa shape index (κ2) is 8.65. The van der Waals surface area contributed by atoms with Crippen LogP contribution in [0.15, 0.2) is 48.5 Å². The number of halogens is 1. The van der Waals surface area contributed by atoms with Gasteiger partial charge in [0.15, 0.2) is 12.4 Å². The maximum Gasteiger partial charge on any atom is 0.260 e. The summed E-state index contributed by atoms with van der Waals surface area (Å²) in [4.78, 5) is 39.3. The van der Waals surface area contributed by atoms with Crippen molar-refractivity contribution in [3.63, 3.8) is 0 Å². The van der Waals surface area contributed by atoms with Gasteiger partial charge in [-0.1, -0.05) is 6.07 Å². The maximum absolute atomic E-state index is 13.3. The molecule has 2 amide bonds. The lowest BCUT2D eigenvalue weighted by molar-refractivity contribution is -0.134. The summed E-state index contributed by atoms with van der Waals surface area (Å²) in [5, 5.41) is 0. The molecule has 0 aromatic heterocycles. The number of rotatable bonds is 5. The number of amides is 2. The first-order chi connectivity index (χ1) is 13.4. The van der Waals surface area contributed by atoms with Gasteiger partial charge in [0.05, 0.1) is 0 Å². The number of nitrogens with zero attached hydrogens (tertiary/aromatic N) is 2. The molecule has 28 heavy (non-hydrogen) atoms. The first kappa shape index (κ1) is 19.5. The first-order valence-corrected chi connectivity index (χ1v) is 9.00. The fraction of sp³-hybridized carbons (Fsp3) is 0.286. The van der Waals surface area contributed by atoms with Crippen molar-refractivity contribution in [2.75, 3.05) is 32.8 Å². The van der Waals surface area contributed by atoms with Crippen molar-refractivity contribution in [3.8, 4) is 5.75 Å². The standard InChI is InChI=1S/C21H21FN2O4/c1-15(25)16-5-7-19(8-6-16)28-14-20(26)23-9-11-24(12-10-23)21(27)17-3-2-4-18(22)13-17/h2-8,13H,9-12,14H2,1H3. The lowest BCUT2D eigenvalue weighted by Crippen LogP contribution is -2.51. The van der Waals surface area contributed by atoms with Crippen molar-refractivity contribution in [1.29, 1.82) is 0 Å². The van der Waals surface area contributed by atoms with Crippen molar-refractivity contribution in [2.24, 2.45) is 0 Å². The molecule has 1 saturated heterocycles. The van der Waals surface area contributed by atoms with Crippen molar-refractivity contribution in [3.05, 3.63) is 65.5 Å². The Bertz CT molecular complexity index is 874. The highest BCUT2D eigenvalue weighted by Crippen LogP contribution is 2.14. The van der Waals surface area contributed by atoms with Crippen molar-refractivity contribution >= 4 is 17.6 Å². The van der Waals surface area contributed by atoms with E-state index in [0.717, 1.165) is 0 Å². The van der Waals surface area contributed by atoms with E-state index in [1.807, 2.05) is 0 Å². The van der Waals surface area contributed by atoms with Crippen LogP contribution in [-0.2, 0) is 4.79 Å². The Labute approximate surface area is 162 Å². The van der Waals surface area contributed by atoms with Crippen molar-refractivity contribution in [1.82, 2.24) is 9.80 Å². The fourth-order valence-electron chi connectivity index (χ4n) is 2.99. The minimum absolute atomic E-state index is 0.0340. The van der Waals surface area contributed by atoms with E-state index >= 15 is 0 Å². The molecule has 1 aliphatic rings. The SMILES string of the molecule is CC(=O)c1ccc(OCC(=O)N2CCN(C(=O)c3cccc(F)c3)CC2)cc1. The fourth-order valence-corrected chi connectivity index (χ4v) is 2.99. The molecule has 1 aliphatic heterocycles. The van der Waals surface area contributed by atoms with E-state index in [4.69, 9.17) is 4.74 Å². The largest absolute Gasteiger partial charge is 0.484 e. The minimum Gasteiger partial charge on any atom is -0.484 e. The molecule has 7 heteroatoms. The van der Waals surface area contributed by atoms with Gasteiger partial charge in [0.1, 0.15) is 11.6 Å². The van der Waals surface area contributed by atoms with Gasteiger partial charge in [-0.05, 0) is 49.4 Å². The summed E-state index contributed by atoms with van der Waals surface area (Å²) in [7, 11) is 0. The highest BCUT2D eigenvalue weighted by molar-refractivity contribution is 5.94. The van der Waals surface area contributed by atoms with Gasteiger partial charge in [-0.2, -0.15) is 0 Å². The third-order valence-corrected chi connectivity index (χ3v) is 4.61. The van der Waals surface area contributed by atoms with E-state index < -0.39 is 5.82 Å². The quantitative estimate of drug-likeness (QED) is 0.743. The summed E-state index contributed by atoms with van der Waals surface area (Å²) in [6.45, 7) is 2.93. The van der Waals surface area contributed by atoms with Gasteiger partial charge in [0.2, 0.25) is 0 Å². The van der Waals surface area contributed by atoms with E-state index in [-0.39, 0.29) is 24.2 Å². The maximum atomic E-state index is 13.3. The van der Waals surface area contributed by atoms with Gasteiger partial charge in [-0.15, -0.1) is 0 Å². The van der Waals surface area contributed by atoms with Crippen LogP contribution in [0, 0.1) is 5.82 Å². The number of hydrogen-bond donors (Lipinski definition) is 0. The lowest BCUT2D eigenvalue weighted by Gasteiger charge is -2.34. The van der Waals surface area contributed by atoms with Crippen LogP contribution in [0.3, 0.4) is 0 Å². The summed E-state index contributed by atoms with van der Waals surface area (Å²) in [5.41, 5.74) is 0.884. The van der Waals surface area contributed by atoms with Gasteiger partial charge in [0.25, 0.3) is 11.8 Å². The second-order valence-corrected chi connectivity index (χ2v) is 6.55. The Morgan fingerprint density at radius 1 is 0.929 bits per heavy atom. The number of ketones is 1. The summed E-state index contributed by atoms with van der Waals surface area (Å²) in [6.07, 6.45) is 0. The zero-order valence-corrected chi connectivity index (χ0v) is 15.6. The molecular weight excluding hydrogens is 363 g/mol. The molecule has 6 nitrogen and oxygen atoms in total. The number of carbonyl (C=O) groups is 3. The normalized spacial score (nSPS) is 13.9. The average Bonchev–Trinajstić information content (AvgIpc) is 2.72. The minimum atomic E-state index is -0.451. The van der Waals surface area contributed by atoms with Crippen LogP contribution in [0.1, 0.15) is 27.6 Å². The van der Waals surface area contributed by atoms with Crippen molar-refractivity contribution in [2.45, 2.75) is 6.92 Å². The molecule has 0 spiro atoms. The number of piperazine rings is 1. The number of benzene rings is 2. The molecule has 3 rings (SSSR count). The summed E-state index contributed by atoms with van der Waals surface area (Å²) in [5.74, 6) is -0.387. The summed E-state index contributed by atoms with van der Waals surface area (Å²) in [6, 6.07) is 12.2. The second-order valence-electron chi connectivity index (χ2n) is 6.55. The Morgan fingerprint density at radius 2 is 1.57 bits per heavy atom. The number of hydrogen-bond acceptors (Lipinski definition) is 4. The number of Topliss-reactive ketones (excluding diaryl/α,β-unsaturated/α-hetero) is 1. The molecule has 0 radical (unpaired) electrons. The monoisotopic (exact) mass is 384 g/mol. The molecule has 0 atom stereocenters. The first-order valence-electron chi connectivity index (χ1n) is 9.00. The van der Waals surface area contributed by atoms with Gasteiger partial charge < -0.3 is 14.5 Å². The zero-order chi connectivity index (χ0) is 20.1. The molecule has 0 N–H and O–H groups in total. The molecule has 0 bridgehead atoms. The zero-order valence-electron chi connectivity index (χ0n) is 15.6. The molecule has 0 aliphatic carbocycles. The Kier molecular flexibility index (Phi) is 6.03. The Balaban J connectivity index is 1.48. The molecule has 2 aromatic rings. The predicted molar refractivity (Wildman–Crippen MR) is 101 cm³/mol. The molecule has 0 unspecified atom stereocenters. The molecular formula is C21H21FN2O4. The van der Waals surface area contributed by atoms with Gasteiger partial charge in [-0.25, -0.2) is 4.39 Å². The van der Waals surface area contributed by atoms with Crippen LogP contribution in [0.25, 0.3) is 0 Å². The molecule has 0 saturated carbocycles. The lowest BCUT2D eigenvalue weighted by atomic mass is 10.1. The molecule has 146 valence electrons. The van der Waals surface area contributed by atoms with Crippen LogP contribution in [-0.4, -0.2) is 60.2 Å². The van der Waals surface area contributed by atoms with Crippen LogP contribution in [0.2, 0.25) is 0 Å². The van der Waals surface area contributed by atoms with Crippen molar-refractivity contribution < 1.29 is 23.5 Å². The van der Waals surface area contributed by atoms with Crippen LogP contribution in [0.4, 0.5) is 4.39 Å². The highest BCUT2D eigenvalue weighted by Gasteiger charge is 2.25. The summed E-state index contributed by atoms with van der Waals surface area (Å²) >= 11 is 0. The van der Waals surface area contributed by atoms with Gasteiger partial charge in [0, 0.05) is 37.3 Å². The molecule has 1 fully saturated rings. The predicted octanol–water partition coefficient (Wildman–Crippen LogP) is 2.39. The average molecular weight is 384 g/mol. The van der Waals surface area contributed by atoms with Crippen LogP contribution in [0.5, 0.6) is 5.75 Å². The van der Waals surface area contributed by atoms with E-state index in [9.17, 15) is 18.8 Å². The summed E-state index contributed by atoms with van der Waals surface area (Å²) < 4.78 is 18.8.